The van der Waals surface area contributed by atoms with Crippen LogP contribution in [0.2, 0.25) is 0 Å². The van der Waals surface area contributed by atoms with Crippen molar-refractivity contribution in [3.05, 3.63) is 29.1 Å². The molecule has 1 aromatic rings. The molecular formula is C14H13F5N4O3. The minimum atomic E-state index is -2.32. The molecule has 0 atom stereocenters. The molecular weight excluding hydrogens is 367 g/mol. The SMILES string of the molecule is CN1CC(=O)N(CCCC(=O)NNc2c(F)c(F)c(F)c(F)c2F)C1=O. The van der Waals surface area contributed by atoms with Gasteiger partial charge in [-0.25, -0.2) is 26.7 Å². The minimum absolute atomic E-state index is 0.0376. The fourth-order valence-electron chi connectivity index (χ4n) is 2.20. The van der Waals surface area contributed by atoms with Gasteiger partial charge >= 0.3 is 6.03 Å². The Balaban J connectivity index is 1.88. The van der Waals surface area contributed by atoms with E-state index in [0.29, 0.717) is 0 Å². The number of urea groups is 1. The standard InChI is InChI=1S/C14H13F5N4O3/c1-22-5-7(25)23(14(22)26)4-2-3-6(24)20-21-13-11(18)9(16)8(15)10(17)12(13)19/h21H,2-5H2,1H3,(H,20,24). The van der Waals surface area contributed by atoms with Gasteiger partial charge in [0.05, 0.1) is 0 Å². The van der Waals surface area contributed by atoms with Crippen molar-refractivity contribution in [2.24, 2.45) is 0 Å². The van der Waals surface area contributed by atoms with Crippen LogP contribution in [0.4, 0.5) is 32.4 Å². The summed E-state index contributed by atoms with van der Waals surface area (Å²) in [6, 6.07) is -0.519. The predicted octanol–water partition coefficient (Wildman–Crippen LogP) is 1.50. The zero-order valence-corrected chi connectivity index (χ0v) is 13.3. The summed E-state index contributed by atoms with van der Waals surface area (Å²) in [4.78, 5) is 36.8. The molecule has 0 saturated carbocycles. The first kappa shape index (κ1) is 19.4. The Labute approximate surface area is 143 Å². The van der Waals surface area contributed by atoms with Crippen LogP contribution in [0, 0.1) is 29.1 Å². The highest BCUT2D eigenvalue weighted by Crippen LogP contribution is 2.26. The molecule has 12 heteroatoms. The van der Waals surface area contributed by atoms with Gasteiger partial charge in [-0.1, -0.05) is 0 Å². The van der Waals surface area contributed by atoms with E-state index >= 15 is 0 Å². The summed E-state index contributed by atoms with van der Waals surface area (Å²) in [5.41, 5.74) is 2.03. The van der Waals surface area contributed by atoms with Crippen LogP contribution in [0.5, 0.6) is 0 Å². The highest BCUT2D eigenvalue weighted by Gasteiger charge is 2.33. The second kappa shape index (κ2) is 7.54. The molecule has 1 heterocycles. The van der Waals surface area contributed by atoms with Gasteiger partial charge in [0.25, 0.3) is 0 Å². The first-order valence-corrected chi connectivity index (χ1v) is 7.26. The normalized spacial score (nSPS) is 14.2. The van der Waals surface area contributed by atoms with Gasteiger partial charge in [0.1, 0.15) is 12.2 Å². The van der Waals surface area contributed by atoms with Crippen molar-refractivity contribution in [3.8, 4) is 0 Å². The number of carbonyl (C=O) groups excluding carboxylic acids is 3. The maximum absolute atomic E-state index is 13.4. The van der Waals surface area contributed by atoms with E-state index in [0.717, 1.165) is 4.90 Å². The summed E-state index contributed by atoms with van der Waals surface area (Å²) < 4.78 is 65.8. The molecule has 1 fully saturated rings. The van der Waals surface area contributed by atoms with E-state index in [1.165, 1.54) is 11.9 Å². The van der Waals surface area contributed by atoms with Crippen LogP contribution in [0.1, 0.15) is 12.8 Å². The summed E-state index contributed by atoms with van der Waals surface area (Å²) >= 11 is 0. The molecule has 0 radical (unpaired) electrons. The Hall–Kier alpha value is -2.92. The van der Waals surface area contributed by atoms with Crippen molar-refractivity contribution >= 4 is 23.5 Å². The molecule has 0 aromatic heterocycles. The molecule has 26 heavy (non-hydrogen) atoms. The maximum atomic E-state index is 13.4. The Bertz CT molecular complexity index is 744. The fraction of sp³-hybridized carbons (Fsp3) is 0.357. The molecule has 142 valence electrons. The molecule has 0 aliphatic carbocycles. The maximum Gasteiger partial charge on any atom is 0.326 e. The molecule has 4 amide bonds. The summed E-state index contributed by atoms with van der Waals surface area (Å²) in [6.07, 6.45) is -0.237. The number of benzene rings is 1. The smallest absolute Gasteiger partial charge is 0.318 e. The number of halogens is 5. The summed E-state index contributed by atoms with van der Waals surface area (Å²) in [5.74, 6) is -12.2. The number of hydrazine groups is 1. The van der Waals surface area contributed by atoms with Gasteiger partial charge in [0.15, 0.2) is 23.3 Å². The monoisotopic (exact) mass is 380 g/mol. The van der Waals surface area contributed by atoms with Crippen molar-refractivity contribution in [2.75, 3.05) is 25.6 Å². The second-order valence-electron chi connectivity index (χ2n) is 5.41. The number of nitrogens with one attached hydrogen (secondary N) is 2. The first-order valence-electron chi connectivity index (χ1n) is 7.26. The predicted molar refractivity (Wildman–Crippen MR) is 77.0 cm³/mol. The zero-order valence-electron chi connectivity index (χ0n) is 13.3. The van der Waals surface area contributed by atoms with Crippen molar-refractivity contribution in [1.82, 2.24) is 15.2 Å². The second-order valence-corrected chi connectivity index (χ2v) is 5.41. The van der Waals surface area contributed by atoms with E-state index in [-0.39, 0.29) is 25.9 Å². The van der Waals surface area contributed by atoms with E-state index in [4.69, 9.17) is 0 Å². The number of carbonyl (C=O) groups is 3. The van der Waals surface area contributed by atoms with Crippen molar-refractivity contribution in [2.45, 2.75) is 12.8 Å². The average Bonchev–Trinajstić information content (AvgIpc) is 2.84. The third-order valence-corrected chi connectivity index (χ3v) is 3.55. The van der Waals surface area contributed by atoms with Gasteiger partial charge in [-0.2, -0.15) is 0 Å². The molecule has 1 aliphatic rings. The number of hydrogen-bond acceptors (Lipinski definition) is 4. The lowest BCUT2D eigenvalue weighted by atomic mass is 10.2. The number of amides is 4. The molecule has 0 spiro atoms. The number of imide groups is 1. The van der Waals surface area contributed by atoms with Gasteiger partial charge in [-0.05, 0) is 6.42 Å². The molecule has 2 rings (SSSR count). The Morgan fingerprint density at radius 2 is 1.54 bits per heavy atom. The van der Waals surface area contributed by atoms with E-state index < -0.39 is 52.6 Å². The van der Waals surface area contributed by atoms with Gasteiger partial charge in [0.2, 0.25) is 17.6 Å². The van der Waals surface area contributed by atoms with Gasteiger partial charge in [-0.15, -0.1) is 0 Å². The molecule has 1 aliphatic heterocycles. The van der Waals surface area contributed by atoms with Crippen LogP contribution in [0.3, 0.4) is 0 Å². The summed E-state index contributed by atoms with van der Waals surface area (Å²) in [6.45, 7) is -0.134. The van der Waals surface area contributed by atoms with Crippen LogP contribution >= 0.6 is 0 Å². The van der Waals surface area contributed by atoms with Crippen LogP contribution in [0.15, 0.2) is 0 Å². The lowest BCUT2D eigenvalue weighted by Crippen LogP contribution is -2.34. The average molecular weight is 380 g/mol. The summed E-state index contributed by atoms with van der Waals surface area (Å²) in [5, 5.41) is 0. The molecule has 0 bridgehead atoms. The van der Waals surface area contributed by atoms with E-state index in [1.54, 1.807) is 10.9 Å². The lowest BCUT2D eigenvalue weighted by Gasteiger charge is -2.14. The van der Waals surface area contributed by atoms with Gasteiger partial charge in [-0.3, -0.25) is 25.3 Å². The fourth-order valence-corrected chi connectivity index (χ4v) is 2.20. The van der Waals surface area contributed by atoms with Crippen LogP contribution in [-0.4, -0.2) is 47.8 Å². The van der Waals surface area contributed by atoms with Crippen molar-refractivity contribution in [3.63, 3.8) is 0 Å². The number of rotatable bonds is 6. The molecule has 1 saturated heterocycles. The lowest BCUT2D eigenvalue weighted by molar-refractivity contribution is -0.126. The van der Waals surface area contributed by atoms with Gasteiger partial charge < -0.3 is 4.90 Å². The van der Waals surface area contributed by atoms with E-state index in [1.807, 2.05) is 0 Å². The number of likely N-dealkylation sites (N-methyl/N-ethyl adjacent to an activating group) is 1. The number of anilines is 1. The van der Waals surface area contributed by atoms with E-state index in [9.17, 15) is 36.3 Å². The Kier molecular flexibility index (Phi) is 5.63. The highest BCUT2D eigenvalue weighted by molar-refractivity contribution is 6.01. The van der Waals surface area contributed by atoms with Crippen LogP contribution < -0.4 is 10.9 Å². The molecule has 7 nitrogen and oxygen atoms in total. The largest absolute Gasteiger partial charge is 0.326 e. The quantitative estimate of drug-likeness (QED) is 0.258. The van der Waals surface area contributed by atoms with Crippen molar-refractivity contribution < 1.29 is 36.3 Å². The third-order valence-electron chi connectivity index (χ3n) is 3.55. The summed E-state index contributed by atoms with van der Waals surface area (Å²) in [7, 11) is 1.43. The van der Waals surface area contributed by atoms with Crippen LogP contribution in [0.25, 0.3) is 0 Å². The topological polar surface area (TPSA) is 81.8 Å². The number of hydrogen-bond donors (Lipinski definition) is 2. The first-order chi connectivity index (χ1) is 12.1. The van der Waals surface area contributed by atoms with Crippen LogP contribution in [-0.2, 0) is 9.59 Å². The Morgan fingerprint density at radius 3 is 2.04 bits per heavy atom. The minimum Gasteiger partial charge on any atom is -0.318 e. The molecule has 2 N–H and O–H groups in total. The molecule has 0 unspecified atom stereocenters. The molecule has 1 aromatic carbocycles. The third kappa shape index (κ3) is 3.68. The zero-order chi connectivity index (χ0) is 19.6. The van der Waals surface area contributed by atoms with Gasteiger partial charge in [0, 0.05) is 20.0 Å². The van der Waals surface area contributed by atoms with E-state index in [2.05, 4.69) is 0 Å². The highest BCUT2D eigenvalue weighted by atomic mass is 19.2. The Morgan fingerprint density at radius 1 is 1.00 bits per heavy atom. The number of nitrogens with zero attached hydrogens (tertiary/aromatic N) is 2. The van der Waals surface area contributed by atoms with Crippen molar-refractivity contribution in [1.29, 1.82) is 0 Å².